The summed E-state index contributed by atoms with van der Waals surface area (Å²) < 4.78 is 5.39. The Morgan fingerprint density at radius 3 is 3.00 bits per heavy atom. The van der Waals surface area contributed by atoms with Gasteiger partial charge in [-0.2, -0.15) is 0 Å². The number of aromatic amines is 1. The first kappa shape index (κ1) is 11.1. The van der Waals surface area contributed by atoms with Gasteiger partial charge >= 0.3 is 0 Å². The van der Waals surface area contributed by atoms with Crippen LogP contribution in [-0.4, -0.2) is 4.98 Å². The lowest BCUT2D eigenvalue weighted by atomic mass is 10.1. The van der Waals surface area contributed by atoms with Gasteiger partial charge in [0.25, 0.3) is 0 Å². The van der Waals surface area contributed by atoms with E-state index < -0.39 is 0 Å². The third-order valence-corrected chi connectivity index (χ3v) is 3.25. The van der Waals surface area contributed by atoms with Gasteiger partial charge in [-0.25, -0.2) is 0 Å². The molecule has 0 aliphatic rings. The van der Waals surface area contributed by atoms with Gasteiger partial charge in [-0.05, 0) is 36.8 Å². The van der Waals surface area contributed by atoms with Gasteiger partial charge in [0.15, 0.2) is 0 Å². The van der Waals surface area contributed by atoms with Crippen LogP contribution in [0, 0.1) is 0 Å². The van der Waals surface area contributed by atoms with E-state index in [9.17, 15) is 0 Å². The van der Waals surface area contributed by atoms with E-state index in [4.69, 9.17) is 4.42 Å². The minimum absolute atomic E-state index is 0.217. The van der Waals surface area contributed by atoms with Crippen molar-refractivity contribution in [1.82, 2.24) is 10.3 Å². The van der Waals surface area contributed by atoms with Crippen LogP contribution in [0.5, 0.6) is 0 Å². The molecular weight excluding hydrogens is 224 g/mol. The van der Waals surface area contributed by atoms with Gasteiger partial charge in [-0.1, -0.05) is 12.1 Å². The largest absolute Gasteiger partial charge is 0.468 e. The first-order valence-electron chi connectivity index (χ1n) is 6.16. The lowest BCUT2D eigenvalue weighted by Crippen LogP contribution is -2.17. The molecule has 1 atom stereocenters. The predicted octanol–water partition coefficient (Wildman–Crippen LogP) is 3.61. The fourth-order valence-electron chi connectivity index (χ4n) is 2.21. The van der Waals surface area contributed by atoms with Crippen molar-refractivity contribution in [3.8, 4) is 0 Å². The number of hydrogen-bond acceptors (Lipinski definition) is 2. The van der Waals surface area contributed by atoms with Crippen molar-refractivity contribution in [2.24, 2.45) is 0 Å². The van der Waals surface area contributed by atoms with E-state index in [1.54, 1.807) is 6.26 Å². The van der Waals surface area contributed by atoms with Gasteiger partial charge in [-0.15, -0.1) is 0 Å². The molecule has 2 aromatic heterocycles. The Labute approximate surface area is 106 Å². The lowest BCUT2D eigenvalue weighted by Gasteiger charge is -2.11. The minimum atomic E-state index is 0.217. The Balaban J connectivity index is 1.75. The molecule has 0 fully saturated rings. The summed E-state index contributed by atoms with van der Waals surface area (Å²) >= 11 is 0. The number of rotatable bonds is 4. The van der Waals surface area contributed by atoms with Crippen molar-refractivity contribution < 1.29 is 4.42 Å². The van der Waals surface area contributed by atoms with Crippen LogP contribution in [0.1, 0.15) is 24.3 Å². The van der Waals surface area contributed by atoms with Gasteiger partial charge in [0, 0.05) is 23.6 Å². The molecule has 92 valence electrons. The molecule has 0 aliphatic carbocycles. The van der Waals surface area contributed by atoms with Crippen LogP contribution in [-0.2, 0) is 6.54 Å². The molecule has 2 N–H and O–H groups in total. The summed E-state index contributed by atoms with van der Waals surface area (Å²) in [6.07, 6.45) is 3.69. The number of nitrogens with one attached hydrogen (secondary N) is 2. The number of aromatic nitrogens is 1. The molecular formula is C15H16N2O. The van der Waals surface area contributed by atoms with E-state index in [2.05, 4.69) is 41.5 Å². The van der Waals surface area contributed by atoms with E-state index in [1.807, 2.05) is 18.3 Å². The first-order valence-corrected chi connectivity index (χ1v) is 6.16. The zero-order valence-electron chi connectivity index (χ0n) is 10.3. The van der Waals surface area contributed by atoms with Gasteiger partial charge < -0.3 is 14.7 Å². The highest BCUT2D eigenvalue weighted by Crippen LogP contribution is 2.19. The Kier molecular flexibility index (Phi) is 2.90. The quantitative estimate of drug-likeness (QED) is 0.731. The van der Waals surface area contributed by atoms with E-state index in [0.717, 1.165) is 12.3 Å². The average molecular weight is 240 g/mol. The lowest BCUT2D eigenvalue weighted by molar-refractivity contribution is 0.430. The fourth-order valence-corrected chi connectivity index (χ4v) is 2.21. The molecule has 3 nitrogen and oxygen atoms in total. The second-order valence-electron chi connectivity index (χ2n) is 4.47. The van der Waals surface area contributed by atoms with Crippen molar-refractivity contribution in [3.63, 3.8) is 0 Å². The molecule has 0 bridgehead atoms. The van der Waals surface area contributed by atoms with E-state index in [0.29, 0.717) is 0 Å². The highest BCUT2D eigenvalue weighted by atomic mass is 16.3. The summed E-state index contributed by atoms with van der Waals surface area (Å²) in [6, 6.07) is 12.6. The van der Waals surface area contributed by atoms with Crippen LogP contribution in [0.2, 0.25) is 0 Å². The topological polar surface area (TPSA) is 41.0 Å². The third kappa shape index (κ3) is 2.05. The van der Waals surface area contributed by atoms with E-state index >= 15 is 0 Å². The highest BCUT2D eigenvalue weighted by Gasteiger charge is 2.08. The molecule has 0 radical (unpaired) electrons. The summed E-state index contributed by atoms with van der Waals surface area (Å²) in [5, 5.41) is 4.75. The highest BCUT2D eigenvalue weighted by molar-refractivity contribution is 5.82. The van der Waals surface area contributed by atoms with Crippen LogP contribution in [0.15, 0.2) is 53.3 Å². The molecule has 1 aromatic carbocycles. The SMILES string of the molecule is CC(NCc1cccc2[nH]ccc12)c1ccco1. The summed E-state index contributed by atoms with van der Waals surface area (Å²) in [5.74, 6) is 0.969. The molecule has 3 heteroatoms. The van der Waals surface area contributed by atoms with E-state index in [1.165, 1.54) is 16.5 Å². The van der Waals surface area contributed by atoms with Crippen LogP contribution in [0.25, 0.3) is 10.9 Å². The number of furan rings is 1. The Morgan fingerprint density at radius 1 is 1.22 bits per heavy atom. The van der Waals surface area contributed by atoms with Crippen molar-refractivity contribution in [2.75, 3.05) is 0 Å². The molecule has 0 saturated carbocycles. The van der Waals surface area contributed by atoms with Gasteiger partial charge in [0.2, 0.25) is 0 Å². The number of fused-ring (bicyclic) bond motifs is 1. The van der Waals surface area contributed by atoms with Crippen molar-refractivity contribution in [2.45, 2.75) is 19.5 Å². The van der Waals surface area contributed by atoms with Crippen molar-refractivity contribution in [1.29, 1.82) is 0 Å². The average Bonchev–Trinajstić information content (AvgIpc) is 3.05. The number of H-pyrrole nitrogens is 1. The Hall–Kier alpha value is -2.00. The van der Waals surface area contributed by atoms with E-state index in [-0.39, 0.29) is 6.04 Å². The first-order chi connectivity index (χ1) is 8.84. The zero-order chi connectivity index (χ0) is 12.4. The maximum Gasteiger partial charge on any atom is 0.120 e. The molecule has 0 spiro atoms. The monoisotopic (exact) mass is 240 g/mol. The molecule has 0 saturated heterocycles. The van der Waals surface area contributed by atoms with Gasteiger partial charge in [0.05, 0.1) is 12.3 Å². The molecule has 2 heterocycles. The van der Waals surface area contributed by atoms with Crippen LogP contribution >= 0.6 is 0 Å². The Bertz CT molecular complexity index is 625. The summed E-state index contributed by atoms with van der Waals surface area (Å²) in [4.78, 5) is 3.23. The Morgan fingerprint density at radius 2 is 2.17 bits per heavy atom. The fraction of sp³-hybridized carbons (Fsp3) is 0.200. The van der Waals surface area contributed by atoms with Crippen LogP contribution in [0.4, 0.5) is 0 Å². The number of hydrogen-bond donors (Lipinski definition) is 2. The van der Waals surface area contributed by atoms with Gasteiger partial charge in [0.1, 0.15) is 5.76 Å². The minimum Gasteiger partial charge on any atom is -0.468 e. The molecule has 0 aliphatic heterocycles. The maximum absolute atomic E-state index is 5.39. The number of benzene rings is 1. The molecule has 1 unspecified atom stereocenters. The third-order valence-electron chi connectivity index (χ3n) is 3.25. The predicted molar refractivity (Wildman–Crippen MR) is 72.3 cm³/mol. The van der Waals surface area contributed by atoms with Crippen LogP contribution < -0.4 is 5.32 Å². The summed E-state index contributed by atoms with van der Waals surface area (Å²) in [6.45, 7) is 2.94. The normalized spacial score (nSPS) is 12.9. The maximum atomic E-state index is 5.39. The molecule has 3 rings (SSSR count). The molecule has 3 aromatic rings. The van der Waals surface area contributed by atoms with Crippen molar-refractivity contribution >= 4 is 10.9 Å². The second kappa shape index (κ2) is 4.70. The van der Waals surface area contributed by atoms with Gasteiger partial charge in [-0.3, -0.25) is 0 Å². The summed E-state index contributed by atoms with van der Waals surface area (Å²) in [5.41, 5.74) is 2.48. The zero-order valence-corrected chi connectivity index (χ0v) is 10.3. The molecule has 18 heavy (non-hydrogen) atoms. The van der Waals surface area contributed by atoms with Crippen LogP contribution in [0.3, 0.4) is 0 Å². The van der Waals surface area contributed by atoms with Crippen molar-refractivity contribution in [3.05, 3.63) is 60.2 Å². The molecule has 0 amide bonds. The smallest absolute Gasteiger partial charge is 0.120 e. The second-order valence-corrected chi connectivity index (χ2v) is 4.47. The summed E-state index contributed by atoms with van der Waals surface area (Å²) in [7, 11) is 0. The standard InChI is InChI=1S/C15H16N2O/c1-11(15-6-3-9-18-15)17-10-12-4-2-5-14-13(12)7-8-16-14/h2-9,11,16-17H,10H2,1H3.